The zero-order valence-corrected chi connectivity index (χ0v) is 18.1. The molecule has 30 heavy (non-hydrogen) atoms. The number of halogens is 1. The van der Waals surface area contributed by atoms with E-state index in [1.165, 1.54) is 51.7 Å². The van der Waals surface area contributed by atoms with Gasteiger partial charge in [0.05, 0.1) is 44.9 Å². The monoisotopic (exact) mass is 440 g/mol. The standard InChI is InChI=1S/C20H25FN2O6S/c1-27-10-9-22-20(24)15-11-18(28-2)19(29-3)12-17(15)23(30(4,25)26)13-14-7-5-6-8-16(14)21/h5-8,11-12H,9-10,13H2,1-4H3,(H,22,24). The molecule has 10 heteroatoms. The third-order valence-electron chi connectivity index (χ3n) is 4.28. The fourth-order valence-corrected chi connectivity index (χ4v) is 3.66. The van der Waals surface area contributed by atoms with Crippen molar-refractivity contribution in [3.63, 3.8) is 0 Å². The molecule has 0 radical (unpaired) electrons. The Kier molecular flexibility index (Phi) is 8.01. The van der Waals surface area contributed by atoms with Crippen LogP contribution in [0.1, 0.15) is 15.9 Å². The quantitative estimate of drug-likeness (QED) is 0.569. The molecule has 2 rings (SSSR count). The minimum Gasteiger partial charge on any atom is -0.493 e. The molecule has 0 bridgehead atoms. The Morgan fingerprint density at radius 2 is 1.73 bits per heavy atom. The first-order chi connectivity index (χ1) is 14.2. The Morgan fingerprint density at radius 3 is 2.30 bits per heavy atom. The second-order valence-corrected chi connectivity index (χ2v) is 8.24. The SMILES string of the molecule is COCCNC(=O)c1cc(OC)c(OC)cc1N(Cc1ccccc1F)S(C)(=O)=O. The van der Waals surface area contributed by atoms with Crippen LogP contribution < -0.4 is 19.1 Å². The summed E-state index contributed by atoms with van der Waals surface area (Å²) in [6.07, 6.45) is 0.983. The zero-order valence-electron chi connectivity index (χ0n) is 17.3. The predicted molar refractivity (Wildman–Crippen MR) is 111 cm³/mol. The van der Waals surface area contributed by atoms with Crippen LogP contribution in [0, 0.1) is 5.82 Å². The van der Waals surface area contributed by atoms with Crippen LogP contribution >= 0.6 is 0 Å². The Bertz CT molecular complexity index is 997. The highest BCUT2D eigenvalue weighted by Gasteiger charge is 2.27. The van der Waals surface area contributed by atoms with Gasteiger partial charge in [-0.25, -0.2) is 12.8 Å². The summed E-state index contributed by atoms with van der Waals surface area (Å²) in [4.78, 5) is 12.8. The normalized spacial score (nSPS) is 11.1. The first-order valence-electron chi connectivity index (χ1n) is 8.97. The van der Waals surface area contributed by atoms with Gasteiger partial charge in [0, 0.05) is 25.3 Å². The summed E-state index contributed by atoms with van der Waals surface area (Å²) in [5.41, 5.74) is 0.224. The Labute approximate surface area is 175 Å². The van der Waals surface area contributed by atoms with Crippen molar-refractivity contribution in [2.45, 2.75) is 6.54 Å². The topological polar surface area (TPSA) is 94.2 Å². The molecule has 0 saturated carbocycles. The molecule has 0 heterocycles. The highest BCUT2D eigenvalue weighted by atomic mass is 32.2. The third kappa shape index (κ3) is 5.61. The molecule has 0 atom stereocenters. The van der Waals surface area contributed by atoms with Crippen LogP contribution in [-0.2, 0) is 21.3 Å². The maximum Gasteiger partial charge on any atom is 0.253 e. The number of nitrogens with one attached hydrogen (secondary N) is 1. The van der Waals surface area contributed by atoms with E-state index in [0.717, 1.165) is 10.6 Å². The number of ether oxygens (including phenoxy) is 3. The van der Waals surface area contributed by atoms with Crippen LogP contribution in [0.25, 0.3) is 0 Å². The number of benzene rings is 2. The number of nitrogens with zero attached hydrogens (tertiary/aromatic N) is 1. The van der Waals surface area contributed by atoms with Gasteiger partial charge in [0.1, 0.15) is 5.82 Å². The van der Waals surface area contributed by atoms with E-state index in [4.69, 9.17) is 14.2 Å². The average molecular weight is 440 g/mol. The Balaban J connectivity index is 2.62. The van der Waals surface area contributed by atoms with Crippen LogP contribution in [0.2, 0.25) is 0 Å². The lowest BCUT2D eigenvalue weighted by Crippen LogP contribution is -2.34. The van der Waals surface area contributed by atoms with Gasteiger partial charge in [-0.3, -0.25) is 9.10 Å². The number of rotatable bonds is 10. The molecule has 0 aliphatic rings. The van der Waals surface area contributed by atoms with Gasteiger partial charge in [-0.15, -0.1) is 0 Å². The van der Waals surface area contributed by atoms with Gasteiger partial charge in [0.2, 0.25) is 10.0 Å². The maximum atomic E-state index is 14.2. The molecule has 0 saturated heterocycles. The smallest absolute Gasteiger partial charge is 0.253 e. The van der Waals surface area contributed by atoms with Gasteiger partial charge in [0.15, 0.2) is 11.5 Å². The van der Waals surface area contributed by atoms with Crippen molar-refractivity contribution in [1.82, 2.24) is 5.32 Å². The fraction of sp³-hybridized carbons (Fsp3) is 0.350. The Morgan fingerprint density at radius 1 is 1.10 bits per heavy atom. The van der Waals surface area contributed by atoms with Crippen LogP contribution in [0.3, 0.4) is 0 Å². The van der Waals surface area contributed by atoms with Crippen molar-refractivity contribution in [3.8, 4) is 11.5 Å². The summed E-state index contributed by atoms with van der Waals surface area (Å²) in [7, 11) is 0.392. The molecular formula is C20H25FN2O6S. The lowest BCUT2D eigenvalue weighted by molar-refractivity contribution is 0.0937. The Hall–Kier alpha value is -2.85. The predicted octanol–water partition coefficient (Wildman–Crippen LogP) is 2.19. The van der Waals surface area contributed by atoms with E-state index < -0.39 is 21.7 Å². The largest absolute Gasteiger partial charge is 0.493 e. The van der Waals surface area contributed by atoms with Crippen LogP contribution in [-0.4, -0.2) is 55.1 Å². The van der Waals surface area contributed by atoms with Gasteiger partial charge in [-0.2, -0.15) is 0 Å². The van der Waals surface area contributed by atoms with Crippen molar-refractivity contribution in [2.24, 2.45) is 0 Å². The highest BCUT2D eigenvalue weighted by Crippen LogP contribution is 2.37. The van der Waals surface area contributed by atoms with Crippen molar-refractivity contribution >= 4 is 21.6 Å². The lowest BCUT2D eigenvalue weighted by Gasteiger charge is -2.26. The fourth-order valence-electron chi connectivity index (χ4n) is 2.78. The van der Waals surface area contributed by atoms with E-state index in [2.05, 4.69) is 5.32 Å². The van der Waals surface area contributed by atoms with E-state index in [9.17, 15) is 17.6 Å². The summed E-state index contributed by atoms with van der Waals surface area (Å²) in [5, 5.41) is 2.65. The van der Waals surface area contributed by atoms with Crippen molar-refractivity contribution in [1.29, 1.82) is 0 Å². The number of hydrogen-bond acceptors (Lipinski definition) is 6. The van der Waals surface area contributed by atoms with E-state index in [0.29, 0.717) is 0 Å². The average Bonchev–Trinajstić information content (AvgIpc) is 2.71. The molecule has 0 aliphatic carbocycles. The lowest BCUT2D eigenvalue weighted by atomic mass is 10.1. The molecule has 2 aromatic rings. The van der Waals surface area contributed by atoms with Gasteiger partial charge in [0.25, 0.3) is 5.91 Å². The summed E-state index contributed by atoms with van der Waals surface area (Å²) < 4.78 is 55.9. The molecule has 8 nitrogen and oxygen atoms in total. The third-order valence-corrected chi connectivity index (χ3v) is 5.41. The molecule has 1 N–H and O–H groups in total. The number of carbonyl (C=O) groups is 1. The first kappa shape index (κ1) is 23.4. The van der Waals surface area contributed by atoms with Crippen molar-refractivity contribution in [2.75, 3.05) is 45.0 Å². The summed E-state index contributed by atoms with van der Waals surface area (Å²) in [6.45, 7) is 0.189. The number of carbonyl (C=O) groups excluding carboxylic acids is 1. The van der Waals surface area contributed by atoms with E-state index in [-0.39, 0.29) is 48.0 Å². The van der Waals surface area contributed by atoms with E-state index >= 15 is 0 Å². The van der Waals surface area contributed by atoms with Crippen molar-refractivity contribution < 1.29 is 31.8 Å². The van der Waals surface area contributed by atoms with Gasteiger partial charge >= 0.3 is 0 Å². The maximum absolute atomic E-state index is 14.2. The number of sulfonamides is 1. The van der Waals surface area contributed by atoms with Crippen LogP contribution in [0.5, 0.6) is 11.5 Å². The summed E-state index contributed by atoms with van der Waals surface area (Å²) >= 11 is 0. The van der Waals surface area contributed by atoms with Crippen LogP contribution in [0.4, 0.5) is 10.1 Å². The second kappa shape index (κ2) is 10.3. The van der Waals surface area contributed by atoms with E-state index in [1.54, 1.807) is 6.07 Å². The van der Waals surface area contributed by atoms with Gasteiger partial charge < -0.3 is 19.5 Å². The molecule has 0 aliphatic heterocycles. The molecule has 0 fully saturated rings. The summed E-state index contributed by atoms with van der Waals surface area (Å²) in [6, 6.07) is 8.59. The second-order valence-electron chi connectivity index (χ2n) is 6.33. The molecule has 2 aromatic carbocycles. The minimum absolute atomic E-state index is 0.0329. The van der Waals surface area contributed by atoms with E-state index in [1.807, 2.05) is 0 Å². The first-order valence-corrected chi connectivity index (χ1v) is 10.8. The molecular weight excluding hydrogens is 415 g/mol. The molecule has 0 spiro atoms. The van der Waals surface area contributed by atoms with Gasteiger partial charge in [-0.05, 0) is 12.1 Å². The molecule has 0 unspecified atom stereocenters. The van der Waals surface area contributed by atoms with Crippen molar-refractivity contribution in [3.05, 3.63) is 53.3 Å². The number of anilines is 1. The summed E-state index contributed by atoms with van der Waals surface area (Å²) in [5.74, 6) is -0.622. The number of hydrogen-bond donors (Lipinski definition) is 1. The molecule has 0 aromatic heterocycles. The molecule has 1 amide bonds. The van der Waals surface area contributed by atoms with Gasteiger partial charge in [-0.1, -0.05) is 18.2 Å². The zero-order chi connectivity index (χ0) is 22.3. The minimum atomic E-state index is -3.89. The highest BCUT2D eigenvalue weighted by molar-refractivity contribution is 7.92. The molecule has 164 valence electrons. The number of methoxy groups -OCH3 is 3. The van der Waals surface area contributed by atoms with Crippen LogP contribution in [0.15, 0.2) is 36.4 Å². The number of amides is 1.